The van der Waals surface area contributed by atoms with Gasteiger partial charge in [0.1, 0.15) is 5.92 Å². The van der Waals surface area contributed by atoms with Gasteiger partial charge >= 0.3 is 5.97 Å². The average Bonchev–Trinajstić information content (AvgIpc) is 2.55. The van der Waals surface area contributed by atoms with Gasteiger partial charge in [0, 0.05) is 24.3 Å². The number of nitro benzene ring substituents is 2. The molecule has 8 nitrogen and oxygen atoms in total. The maximum atomic E-state index is 12.1. The van der Waals surface area contributed by atoms with Crippen molar-refractivity contribution in [3.63, 3.8) is 0 Å². The molecule has 0 saturated heterocycles. The van der Waals surface area contributed by atoms with Crippen LogP contribution in [0.3, 0.4) is 0 Å². The molecule has 1 unspecified atom stereocenters. The van der Waals surface area contributed by atoms with E-state index in [-0.39, 0.29) is 11.4 Å². The highest BCUT2D eigenvalue weighted by molar-refractivity contribution is 5.82. The fourth-order valence-corrected chi connectivity index (χ4v) is 2.19. The highest BCUT2D eigenvalue weighted by atomic mass is 16.6. The van der Waals surface area contributed by atoms with Crippen molar-refractivity contribution >= 4 is 17.3 Å². The van der Waals surface area contributed by atoms with Crippen molar-refractivity contribution < 1.29 is 19.4 Å². The zero-order valence-electron chi connectivity index (χ0n) is 12.0. The molecule has 0 radical (unpaired) electrons. The molecule has 23 heavy (non-hydrogen) atoms. The van der Waals surface area contributed by atoms with Gasteiger partial charge < -0.3 is 4.74 Å². The van der Waals surface area contributed by atoms with Gasteiger partial charge in [-0.3, -0.25) is 25.0 Å². The van der Waals surface area contributed by atoms with Crippen molar-refractivity contribution in [3.05, 3.63) is 79.9 Å². The van der Waals surface area contributed by atoms with E-state index in [4.69, 9.17) is 4.74 Å². The standard InChI is InChI=1S/C15H12N2O6/c1-23-15(18)14(10-5-7-12(8-6-10)16(19)20)11-3-2-4-13(9-11)17(21)22/h2-9,14H,1H3. The molecule has 8 heteroatoms. The Hall–Kier alpha value is -3.29. The van der Waals surface area contributed by atoms with Gasteiger partial charge in [-0.05, 0) is 11.1 Å². The van der Waals surface area contributed by atoms with E-state index >= 15 is 0 Å². The van der Waals surface area contributed by atoms with E-state index in [1.807, 2.05) is 0 Å². The molecule has 118 valence electrons. The smallest absolute Gasteiger partial charge is 0.317 e. The second-order valence-electron chi connectivity index (χ2n) is 4.66. The molecule has 0 aliphatic rings. The van der Waals surface area contributed by atoms with E-state index in [2.05, 4.69) is 0 Å². The number of carbonyl (C=O) groups excluding carboxylic acids is 1. The summed E-state index contributed by atoms with van der Waals surface area (Å²) < 4.78 is 4.76. The third-order valence-corrected chi connectivity index (χ3v) is 3.29. The lowest BCUT2D eigenvalue weighted by molar-refractivity contribution is -0.385. The van der Waals surface area contributed by atoms with Crippen molar-refractivity contribution in [1.29, 1.82) is 0 Å². The molecule has 2 rings (SSSR count). The van der Waals surface area contributed by atoms with Crippen molar-refractivity contribution in [2.75, 3.05) is 7.11 Å². The summed E-state index contributed by atoms with van der Waals surface area (Å²) in [5.74, 6) is -1.51. The summed E-state index contributed by atoms with van der Waals surface area (Å²) in [4.78, 5) is 32.6. The quantitative estimate of drug-likeness (QED) is 0.476. The highest BCUT2D eigenvalue weighted by Gasteiger charge is 2.25. The minimum atomic E-state index is -0.902. The SMILES string of the molecule is COC(=O)C(c1ccc([N+](=O)[O-])cc1)c1cccc([N+](=O)[O-])c1. The van der Waals surface area contributed by atoms with Gasteiger partial charge in [-0.15, -0.1) is 0 Å². The zero-order valence-corrected chi connectivity index (χ0v) is 12.0. The number of methoxy groups -OCH3 is 1. The van der Waals surface area contributed by atoms with Crippen molar-refractivity contribution in [1.82, 2.24) is 0 Å². The zero-order chi connectivity index (χ0) is 17.0. The van der Waals surface area contributed by atoms with Gasteiger partial charge in [0.15, 0.2) is 0 Å². The van der Waals surface area contributed by atoms with Crippen LogP contribution in [0.2, 0.25) is 0 Å². The fraction of sp³-hybridized carbons (Fsp3) is 0.133. The molecule has 2 aromatic carbocycles. The maximum absolute atomic E-state index is 12.1. The first kappa shape index (κ1) is 16.1. The fourth-order valence-electron chi connectivity index (χ4n) is 2.19. The molecule has 0 bridgehead atoms. The van der Waals surface area contributed by atoms with Crippen LogP contribution >= 0.6 is 0 Å². The van der Waals surface area contributed by atoms with Crippen LogP contribution in [0.4, 0.5) is 11.4 Å². The van der Waals surface area contributed by atoms with Crippen LogP contribution < -0.4 is 0 Å². The summed E-state index contributed by atoms with van der Waals surface area (Å²) in [7, 11) is 1.21. The number of carbonyl (C=O) groups is 1. The summed E-state index contributed by atoms with van der Waals surface area (Å²) in [6.45, 7) is 0. The molecule has 0 saturated carbocycles. The van der Waals surface area contributed by atoms with E-state index in [9.17, 15) is 25.0 Å². The monoisotopic (exact) mass is 316 g/mol. The van der Waals surface area contributed by atoms with Crippen molar-refractivity contribution in [3.8, 4) is 0 Å². The molecule has 0 fully saturated rings. The van der Waals surface area contributed by atoms with Gasteiger partial charge in [0.25, 0.3) is 11.4 Å². The first-order chi connectivity index (χ1) is 10.9. The number of rotatable bonds is 5. The Labute approximate surface area is 130 Å². The Kier molecular flexibility index (Phi) is 4.65. The summed E-state index contributed by atoms with van der Waals surface area (Å²) in [5, 5.41) is 21.6. The predicted octanol–water partition coefficient (Wildman–Crippen LogP) is 2.81. The second kappa shape index (κ2) is 6.65. The predicted molar refractivity (Wildman–Crippen MR) is 80.1 cm³/mol. The van der Waals surface area contributed by atoms with Crippen LogP contribution in [0.25, 0.3) is 0 Å². The van der Waals surface area contributed by atoms with Crippen LogP contribution in [0.15, 0.2) is 48.5 Å². The molecular formula is C15H12N2O6. The molecule has 0 aromatic heterocycles. The molecule has 0 amide bonds. The highest BCUT2D eigenvalue weighted by Crippen LogP contribution is 2.29. The Morgan fingerprint density at radius 1 is 0.957 bits per heavy atom. The average molecular weight is 316 g/mol. The van der Waals surface area contributed by atoms with E-state index < -0.39 is 21.7 Å². The topological polar surface area (TPSA) is 113 Å². The van der Waals surface area contributed by atoms with Crippen LogP contribution in [0, 0.1) is 20.2 Å². The molecule has 2 aromatic rings. The number of nitro groups is 2. The van der Waals surface area contributed by atoms with E-state index in [0.29, 0.717) is 11.1 Å². The number of hydrogen-bond donors (Lipinski definition) is 0. The maximum Gasteiger partial charge on any atom is 0.317 e. The number of nitrogens with zero attached hydrogens (tertiary/aromatic N) is 2. The van der Waals surface area contributed by atoms with Crippen molar-refractivity contribution in [2.45, 2.75) is 5.92 Å². The van der Waals surface area contributed by atoms with E-state index in [0.717, 1.165) is 0 Å². The number of ether oxygens (including phenoxy) is 1. The number of non-ortho nitro benzene ring substituents is 2. The molecule has 1 atom stereocenters. The van der Waals surface area contributed by atoms with Gasteiger partial charge in [0.2, 0.25) is 0 Å². The number of esters is 1. The Morgan fingerprint density at radius 2 is 1.57 bits per heavy atom. The van der Waals surface area contributed by atoms with Crippen LogP contribution in [-0.2, 0) is 9.53 Å². The van der Waals surface area contributed by atoms with Gasteiger partial charge in [-0.1, -0.05) is 24.3 Å². The minimum Gasteiger partial charge on any atom is -0.468 e. The summed E-state index contributed by atoms with van der Waals surface area (Å²) in [5.41, 5.74) is 0.553. The Morgan fingerprint density at radius 3 is 2.09 bits per heavy atom. The summed E-state index contributed by atoms with van der Waals surface area (Å²) >= 11 is 0. The normalized spacial score (nSPS) is 11.5. The van der Waals surface area contributed by atoms with E-state index in [1.54, 1.807) is 6.07 Å². The lowest BCUT2D eigenvalue weighted by Crippen LogP contribution is -2.15. The first-order valence-corrected chi connectivity index (χ1v) is 6.50. The van der Waals surface area contributed by atoms with Crippen LogP contribution in [0.1, 0.15) is 17.0 Å². The summed E-state index contributed by atoms with van der Waals surface area (Å²) in [6.07, 6.45) is 0. The second-order valence-corrected chi connectivity index (χ2v) is 4.66. The van der Waals surface area contributed by atoms with Crippen LogP contribution in [-0.4, -0.2) is 22.9 Å². The number of benzene rings is 2. The van der Waals surface area contributed by atoms with E-state index in [1.165, 1.54) is 49.6 Å². The first-order valence-electron chi connectivity index (χ1n) is 6.50. The third kappa shape index (κ3) is 3.49. The lowest BCUT2D eigenvalue weighted by atomic mass is 9.91. The summed E-state index contributed by atoms with van der Waals surface area (Å²) in [6, 6.07) is 11.0. The molecule has 0 aliphatic heterocycles. The molecule has 0 spiro atoms. The number of hydrogen-bond acceptors (Lipinski definition) is 6. The Bertz CT molecular complexity index is 757. The minimum absolute atomic E-state index is 0.114. The van der Waals surface area contributed by atoms with Crippen molar-refractivity contribution in [2.24, 2.45) is 0 Å². The molecule has 0 heterocycles. The third-order valence-electron chi connectivity index (χ3n) is 3.29. The Balaban J connectivity index is 2.49. The van der Waals surface area contributed by atoms with Gasteiger partial charge in [-0.2, -0.15) is 0 Å². The largest absolute Gasteiger partial charge is 0.468 e. The van der Waals surface area contributed by atoms with Crippen LogP contribution in [0.5, 0.6) is 0 Å². The van der Waals surface area contributed by atoms with Gasteiger partial charge in [0.05, 0.1) is 17.0 Å². The lowest BCUT2D eigenvalue weighted by Gasteiger charge is -2.15. The molecule has 0 N–H and O–H groups in total. The van der Waals surface area contributed by atoms with Gasteiger partial charge in [-0.25, -0.2) is 0 Å². The molecule has 0 aliphatic carbocycles. The molecular weight excluding hydrogens is 304 g/mol.